The highest BCUT2D eigenvalue weighted by Crippen LogP contribution is 2.38. The Morgan fingerprint density at radius 3 is 2.05 bits per heavy atom. The maximum atomic E-state index is 13.3. The van der Waals surface area contributed by atoms with E-state index in [0.717, 1.165) is 18.8 Å². The molecular formula is C26H21F6N3O2. The summed E-state index contributed by atoms with van der Waals surface area (Å²) >= 11 is 0. The maximum absolute atomic E-state index is 13.3. The molecule has 1 fully saturated rings. The topological polar surface area (TPSA) is 55.3 Å². The van der Waals surface area contributed by atoms with Crippen LogP contribution in [-0.4, -0.2) is 42.1 Å². The number of anilines is 1. The molecule has 0 bridgehead atoms. The standard InChI is InChI=1S/C26H21F6N3O2/c1-16(36)23(17-2-4-22(5-3-17)35-8-10-37-11-9-35)15-21-6-7-33-24(34-21)18-12-19(25(27,28)29)14-20(13-18)26(30,31)32/h2-7,12-15H,8-11H2,1H3/b23-15-. The third-order valence-corrected chi connectivity index (χ3v) is 5.75. The van der Waals surface area contributed by atoms with E-state index in [1.54, 1.807) is 12.1 Å². The van der Waals surface area contributed by atoms with Crippen LogP contribution in [0.2, 0.25) is 0 Å². The van der Waals surface area contributed by atoms with Crippen molar-refractivity contribution in [3.63, 3.8) is 0 Å². The smallest absolute Gasteiger partial charge is 0.378 e. The zero-order chi connectivity index (χ0) is 26.8. The van der Waals surface area contributed by atoms with Gasteiger partial charge in [-0.15, -0.1) is 0 Å². The molecular weight excluding hydrogens is 500 g/mol. The van der Waals surface area contributed by atoms with E-state index in [0.29, 0.717) is 30.9 Å². The lowest BCUT2D eigenvalue weighted by atomic mass is 10.0. The molecule has 1 saturated heterocycles. The van der Waals surface area contributed by atoms with Crippen LogP contribution in [0.1, 0.15) is 29.3 Å². The Morgan fingerprint density at radius 2 is 1.51 bits per heavy atom. The van der Waals surface area contributed by atoms with E-state index >= 15 is 0 Å². The van der Waals surface area contributed by atoms with E-state index in [1.165, 1.54) is 25.3 Å². The molecule has 37 heavy (non-hydrogen) atoms. The van der Waals surface area contributed by atoms with E-state index in [4.69, 9.17) is 4.74 Å². The van der Waals surface area contributed by atoms with Gasteiger partial charge in [0, 0.05) is 36.1 Å². The fourth-order valence-corrected chi connectivity index (χ4v) is 3.89. The van der Waals surface area contributed by atoms with Crippen molar-refractivity contribution in [2.24, 2.45) is 0 Å². The lowest BCUT2D eigenvalue weighted by Crippen LogP contribution is -2.36. The summed E-state index contributed by atoms with van der Waals surface area (Å²) in [5.41, 5.74) is -1.40. The Kier molecular flexibility index (Phi) is 7.35. The van der Waals surface area contributed by atoms with Crippen LogP contribution in [0.3, 0.4) is 0 Å². The van der Waals surface area contributed by atoms with Crippen molar-refractivity contribution in [2.45, 2.75) is 19.3 Å². The van der Waals surface area contributed by atoms with Crippen molar-refractivity contribution in [1.82, 2.24) is 9.97 Å². The molecule has 0 amide bonds. The fourth-order valence-electron chi connectivity index (χ4n) is 3.89. The molecule has 0 N–H and O–H groups in total. The van der Waals surface area contributed by atoms with Crippen LogP contribution in [0.4, 0.5) is 32.0 Å². The van der Waals surface area contributed by atoms with E-state index in [2.05, 4.69) is 14.9 Å². The van der Waals surface area contributed by atoms with Gasteiger partial charge in [-0.25, -0.2) is 9.97 Å². The number of ketones is 1. The minimum Gasteiger partial charge on any atom is -0.378 e. The molecule has 1 aromatic heterocycles. The molecule has 2 aromatic carbocycles. The number of Topliss-reactive ketones (excluding diaryl/α,β-unsaturated/α-hetero) is 1. The Balaban J connectivity index is 1.70. The van der Waals surface area contributed by atoms with Gasteiger partial charge >= 0.3 is 12.4 Å². The van der Waals surface area contributed by atoms with Crippen LogP contribution in [-0.2, 0) is 21.9 Å². The van der Waals surface area contributed by atoms with Crippen molar-refractivity contribution < 1.29 is 35.9 Å². The Labute approximate surface area is 208 Å². The van der Waals surface area contributed by atoms with Gasteiger partial charge in [0.2, 0.25) is 0 Å². The second kappa shape index (κ2) is 10.3. The average molecular weight is 521 g/mol. The molecule has 0 aliphatic carbocycles. The van der Waals surface area contributed by atoms with Gasteiger partial charge in [0.05, 0.1) is 30.0 Å². The van der Waals surface area contributed by atoms with Gasteiger partial charge in [-0.3, -0.25) is 4.79 Å². The molecule has 1 aliphatic heterocycles. The van der Waals surface area contributed by atoms with Gasteiger partial charge in [0.15, 0.2) is 11.6 Å². The Bertz CT molecular complexity index is 1280. The molecule has 3 aromatic rings. The van der Waals surface area contributed by atoms with Gasteiger partial charge in [-0.2, -0.15) is 26.3 Å². The zero-order valence-electron chi connectivity index (χ0n) is 19.5. The van der Waals surface area contributed by atoms with Gasteiger partial charge < -0.3 is 9.64 Å². The molecule has 4 rings (SSSR count). The summed E-state index contributed by atoms with van der Waals surface area (Å²) in [6.45, 7) is 4.07. The third-order valence-electron chi connectivity index (χ3n) is 5.75. The lowest BCUT2D eigenvalue weighted by Gasteiger charge is -2.29. The van der Waals surface area contributed by atoms with Crippen LogP contribution in [0.5, 0.6) is 0 Å². The minimum absolute atomic E-state index is 0.0433. The predicted molar refractivity (Wildman–Crippen MR) is 125 cm³/mol. The van der Waals surface area contributed by atoms with Crippen molar-refractivity contribution >= 4 is 23.1 Å². The van der Waals surface area contributed by atoms with E-state index in [9.17, 15) is 31.1 Å². The van der Waals surface area contributed by atoms with E-state index < -0.39 is 29.0 Å². The Morgan fingerprint density at radius 1 is 0.919 bits per heavy atom. The zero-order valence-corrected chi connectivity index (χ0v) is 19.5. The first-order chi connectivity index (χ1) is 17.4. The first-order valence-corrected chi connectivity index (χ1v) is 11.2. The van der Waals surface area contributed by atoms with Gasteiger partial charge in [-0.1, -0.05) is 12.1 Å². The molecule has 194 valence electrons. The highest BCUT2D eigenvalue weighted by Gasteiger charge is 2.37. The first-order valence-electron chi connectivity index (χ1n) is 11.2. The highest BCUT2D eigenvalue weighted by molar-refractivity contribution is 6.24. The summed E-state index contributed by atoms with van der Waals surface area (Å²) in [5, 5.41) is 0. The van der Waals surface area contributed by atoms with Gasteiger partial charge in [0.25, 0.3) is 0 Å². The van der Waals surface area contributed by atoms with Gasteiger partial charge in [-0.05, 0) is 55.0 Å². The molecule has 0 spiro atoms. The maximum Gasteiger partial charge on any atom is 0.416 e. The second-order valence-corrected chi connectivity index (χ2v) is 8.36. The number of hydrogen-bond donors (Lipinski definition) is 0. The van der Waals surface area contributed by atoms with Crippen LogP contribution in [0.15, 0.2) is 54.7 Å². The number of benzene rings is 2. The van der Waals surface area contributed by atoms with Crippen LogP contribution in [0.25, 0.3) is 23.0 Å². The minimum atomic E-state index is -5.00. The van der Waals surface area contributed by atoms with Crippen molar-refractivity contribution in [3.05, 3.63) is 77.1 Å². The Hall–Kier alpha value is -3.73. The van der Waals surface area contributed by atoms with E-state index in [1.807, 2.05) is 12.1 Å². The molecule has 2 heterocycles. The highest BCUT2D eigenvalue weighted by atomic mass is 19.4. The number of aromatic nitrogens is 2. The van der Waals surface area contributed by atoms with E-state index in [-0.39, 0.29) is 28.9 Å². The molecule has 5 nitrogen and oxygen atoms in total. The lowest BCUT2D eigenvalue weighted by molar-refractivity contribution is -0.143. The molecule has 1 aliphatic rings. The fraction of sp³-hybridized carbons (Fsp3) is 0.269. The molecule has 0 radical (unpaired) electrons. The molecule has 0 saturated carbocycles. The third kappa shape index (κ3) is 6.34. The van der Waals surface area contributed by atoms with Crippen molar-refractivity contribution in [1.29, 1.82) is 0 Å². The number of halogens is 6. The van der Waals surface area contributed by atoms with Crippen LogP contribution in [0, 0.1) is 0 Å². The summed E-state index contributed by atoms with van der Waals surface area (Å²) in [4.78, 5) is 22.6. The number of rotatable bonds is 5. The largest absolute Gasteiger partial charge is 0.416 e. The molecule has 0 atom stereocenters. The number of nitrogens with zero attached hydrogens (tertiary/aromatic N) is 3. The van der Waals surface area contributed by atoms with Crippen LogP contribution >= 0.6 is 0 Å². The summed E-state index contributed by atoms with van der Waals surface area (Å²) < 4.78 is 84.9. The SMILES string of the molecule is CC(=O)/C(=C/c1ccnc(-c2cc(C(F)(F)F)cc(C(F)(F)F)c2)n1)c1ccc(N2CCOCC2)cc1. The summed E-state index contributed by atoms with van der Waals surface area (Å²) in [7, 11) is 0. The first kappa shape index (κ1) is 26.3. The monoisotopic (exact) mass is 521 g/mol. The predicted octanol–water partition coefficient (Wildman–Crippen LogP) is 6.15. The number of carbonyl (C=O) groups is 1. The summed E-state index contributed by atoms with van der Waals surface area (Å²) in [5.74, 6) is -0.631. The molecule has 11 heteroatoms. The number of carbonyl (C=O) groups excluding carboxylic acids is 1. The normalized spacial score (nSPS) is 15.1. The summed E-state index contributed by atoms with van der Waals surface area (Å²) in [6, 6.07) is 9.84. The number of allylic oxidation sites excluding steroid dienone is 1. The number of morpholine rings is 1. The number of alkyl halides is 6. The van der Waals surface area contributed by atoms with Gasteiger partial charge in [0.1, 0.15) is 0 Å². The summed E-state index contributed by atoms with van der Waals surface area (Å²) in [6.07, 6.45) is -7.36. The van der Waals surface area contributed by atoms with Crippen molar-refractivity contribution in [2.75, 3.05) is 31.2 Å². The average Bonchev–Trinajstić information content (AvgIpc) is 2.87. The van der Waals surface area contributed by atoms with Crippen LogP contribution < -0.4 is 4.90 Å². The second-order valence-electron chi connectivity index (χ2n) is 8.36. The quantitative estimate of drug-likeness (QED) is 0.298. The number of hydrogen-bond acceptors (Lipinski definition) is 5. The number of ether oxygens (including phenoxy) is 1. The van der Waals surface area contributed by atoms with Crippen molar-refractivity contribution in [3.8, 4) is 11.4 Å². The molecule has 0 unspecified atom stereocenters.